The molecule has 0 spiro atoms. The maximum absolute atomic E-state index is 12.5. The number of ether oxygens (including phenoxy) is 2. The number of rotatable bonds is 5. The fourth-order valence-corrected chi connectivity index (χ4v) is 3.41. The quantitative estimate of drug-likeness (QED) is 0.722. The molecule has 3 aromatic rings. The van der Waals surface area contributed by atoms with Gasteiger partial charge in [-0.25, -0.2) is 15.0 Å². The molecule has 0 atom stereocenters. The van der Waals surface area contributed by atoms with Crippen LogP contribution in [0.1, 0.15) is 16.8 Å². The monoisotopic (exact) mass is 379 g/mol. The predicted molar refractivity (Wildman–Crippen MR) is 103 cm³/mol. The van der Waals surface area contributed by atoms with Crippen LogP contribution in [0.5, 0.6) is 11.5 Å². The number of hydrogen-bond donors (Lipinski definition) is 1. The second kappa shape index (κ2) is 7.77. The molecular formula is C20H21N5O3. The Kier molecular flexibility index (Phi) is 5.03. The van der Waals surface area contributed by atoms with Gasteiger partial charge in [0.15, 0.2) is 0 Å². The van der Waals surface area contributed by atoms with E-state index in [4.69, 9.17) is 9.47 Å². The average molecular weight is 379 g/mol. The SMILES string of the molecule is COc1ccc(CN2CCc3c(nc(-c4cncnc4)[nH]c3=O)C2)c(OC)c1. The normalized spacial score (nSPS) is 13.8. The molecule has 1 aliphatic rings. The third-order valence-corrected chi connectivity index (χ3v) is 4.87. The fourth-order valence-electron chi connectivity index (χ4n) is 3.41. The Hall–Kier alpha value is -3.26. The number of methoxy groups -OCH3 is 2. The molecule has 0 fully saturated rings. The molecule has 8 nitrogen and oxygen atoms in total. The van der Waals surface area contributed by atoms with Crippen molar-refractivity contribution < 1.29 is 9.47 Å². The zero-order chi connectivity index (χ0) is 19.5. The summed E-state index contributed by atoms with van der Waals surface area (Å²) in [5.74, 6) is 2.03. The van der Waals surface area contributed by atoms with Gasteiger partial charge in [-0.15, -0.1) is 0 Å². The van der Waals surface area contributed by atoms with E-state index in [1.807, 2.05) is 18.2 Å². The maximum atomic E-state index is 12.5. The lowest BCUT2D eigenvalue weighted by Gasteiger charge is -2.28. The second-order valence-electron chi connectivity index (χ2n) is 6.61. The molecule has 0 unspecified atom stereocenters. The summed E-state index contributed by atoms with van der Waals surface area (Å²) in [6.07, 6.45) is 5.38. The molecule has 0 aliphatic carbocycles. The summed E-state index contributed by atoms with van der Waals surface area (Å²) in [4.78, 5) is 30.3. The molecule has 144 valence electrons. The number of aromatic amines is 1. The van der Waals surface area contributed by atoms with E-state index in [2.05, 4.69) is 24.8 Å². The average Bonchev–Trinajstić information content (AvgIpc) is 2.74. The van der Waals surface area contributed by atoms with E-state index in [1.54, 1.807) is 26.6 Å². The minimum Gasteiger partial charge on any atom is -0.497 e. The molecule has 1 N–H and O–H groups in total. The summed E-state index contributed by atoms with van der Waals surface area (Å²) in [6, 6.07) is 5.81. The van der Waals surface area contributed by atoms with Crippen LogP contribution in [0.2, 0.25) is 0 Å². The molecule has 0 amide bonds. The highest BCUT2D eigenvalue weighted by molar-refractivity contribution is 5.52. The zero-order valence-corrected chi connectivity index (χ0v) is 15.8. The Labute approximate surface area is 162 Å². The van der Waals surface area contributed by atoms with Crippen LogP contribution in [-0.4, -0.2) is 45.6 Å². The number of nitrogens with zero attached hydrogens (tertiary/aromatic N) is 4. The van der Waals surface area contributed by atoms with Gasteiger partial charge in [-0.05, 0) is 12.5 Å². The molecule has 1 aromatic carbocycles. The molecule has 0 saturated carbocycles. The van der Waals surface area contributed by atoms with Gasteiger partial charge in [-0.2, -0.15) is 0 Å². The first-order valence-corrected chi connectivity index (χ1v) is 8.98. The molecule has 0 bridgehead atoms. The number of aromatic nitrogens is 4. The number of nitrogens with one attached hydrogen (secondary N) is 1. The summed E-state index contributed by atoms with van der Waals surface area (Å²) in [6.45, 7) is 2.07. The van der Waals surface area contributed by atoms with Gasteiger partial charge in [0.25, 0.3) is 5.56 Å². The third-order valence-electron chi connectivity index (χ3n) is 4.87. The first kappa shape index (κ1) is 18.1. The molecule has 8 heteroatoms. The van der Waals surface area contributed by atoms with E-state index in [9.17, 15) is 4.79 Å². The number of benzene rings is 1. The summed E-state index contributed by atoms with van der Waals surface area (Å²) in [5, 5.41) is 0. The zero-order valence-electron chi connectivity index (χ0n) is 15.8. The Balaban J connectivity index is 1.59. The van der Waals surface area contributed by atoms with Gasteiger partial charge in [0.2, 0.25) is 0 Å². The summed E-state index contributed by atoms with van der Waals surface area (Å²) < 4.78 is 10.8. The number of hydrogen-bond acceptors (Lipinski definition) is 7. The van der Waals surface area contributed by atoms with Crippen LogP contribution in [-0.2, 0) is 19.5 Å². The highest BCUT2D eigenvalue weighted by Crippen LogP contribution is 2.27. The highest BCUT2D eigenvalue weighted by Gasteiger charge is 2.22. The summed E-state index contributed by atoms with van der Waals surface area (Å²) >= 11 is 0. The molecule has 28 heavy (non-hydrogen) atoms. The van der Waals surface area contributed by atoms with Crippen LogP contribution in [0.3, 0.4) is 0 Å². The number of fused-ring (bicyclic) bond motifs is 1. The van der Waals surface area contributed by atoms with Gasteiger partial charge in [0.1, 0.15) is 23.7 Å². The Morgan fingerprint density at radius 3 is 2.75 bits per heavy atom. The van der Waals surface area contributed by atoms with Crippen LogP contribution in [0.25, 0.3) is 11.4 Å². The smallest absolute Gasteiger partial charge is 0.254 e. The Morgan fingerprint density at radius 2 is 2.00 bits per heavy atom. The number of H-pyrrole nitrogens is 1. The van der Waals surface area contributed by atoms with Crippen LogP contribution in [0.15, 0.2) is 41.7 Å². The molecule has 1 aliphatic heterocycles. The van der Waals surface area contributed by atoms with Gasteiger partial charge in [-0.1, -0.05) is 6.07 Å². The van der Waals surface area contributed by atoms with Crippen molar-refractivity contribution in [2.75, 3.05) is 20.8 Å². The standard InChI is InChI=1S/C20H21N5O3/c1-27-15-4-3-13(18(7-15)28-2)10-25-6-5-16-17(11-25)23-19(24-20(16)26)14-8-21-12-22-9-14/h3-4,7-9,12H,5-6,10-11H2,1-2H3,(H,23,24,26). The van der Waals surface area contributed by atoms with Crippen LogP contribution >= 0.6 is 0 Å². The Bertz CT molecular complexity index is 1040. The van der Waals surface area contributed by atoms with E-state index in [0.29, 0.717) is 30.9 Å². The van der Waals surface area contributed by atoms with E-state index in [0.717, 1.165) is 34.9 Å². The van der Waals surface area contributed by atoms with E-state index in [1.165, 1.54) is 6.33 Å². The van der Waals surface area contributed by atoms with Gasteiger partial charge >= 0.3 is 0 Å². The topological polar surface area (TPSA) is 93.2 Å². The summed E-state index contributed by atoms with van der Waals surface area (Å²) in [5.41, 5.74) is 3.20. The van der Waals surface area contributed by atoms with E-state index < -0.39 is 0 Å². The first-order chi connectivity index (χ1) is 13.7. The second-order valence-corrected chi connectivity index (χ2v) is 6.61. The molecule has 4 rings (SSSR count). The third kappa shape index (κ3) is 3.59. The maximum Gasteiger partial charge on any atom is 0.254 e. The van der Waals surface area contributed by atoms with Gasteiger partial charge < -0.3 is 14.5 Å². The van der Waals surface area contributed by atoms with Gasteiger partial charge in [0, 0.05) is 49.2 Å². The van der Waals surface area contributed by atoms with Crippen molar-refractivity contribution in [1.29, 1.82) is 0 Å². The molecule has 0 radical (unpaired) electrons. The molecular weight excluding hydrogens is 358 g/mol. The van der Waals surface area contributed by atoms with Crippen molar-refractivity contribution >= 4 is 0 Å². The van der Waals surface area contributed by atoms with Crippen LogP contribution in [0, 0.1) is 0 Å². The lowest BCUT2D eigenvalue weighted by Crippen LogP contribution is -2.35. The summed E-state index contributed by atoms with van der Waals surface area (Å²) in [7, 11) is 3.29. The van der Waals surface area contributed by atoms with E-state index >= 15 is 0 Å². The molecule has 0 saturated heterocycles. The van der Waals surface area contributed by atoms with Gasteiger partial charge in [-0.3, -0.25) is 9.69 Å². The predicted octanol–water partition coefficient (Wildman–Crippen LogP) is 1.80. The van der Waals surface area contributed by atoms with Crippen LogP contribution in [0.4, 0.5) is 0 Å². The first-order valence-electron chi connectivity index (χ1n) is 8.98. The molecule has 2 aromatic heterocycles. The van der Waals surface area contributed by atoms with Crippen molar-refractivity contribution in [2.45, 2.75) is 19.5 Å². The van der Waals surface area contributed by atoms with Gasteiger partial charge in [0.05, 0.1) is 25.5 Å². The van der Waals surface area contributed by atoms with Crippen molar-refractivity contribution in [1.82, 2.24) is 24.8 Å². The Morgan fingerprint density at radius 1 is 1.18 bits per heavy atom. The lowest BCUT2D eigenvalue weighted by atomic mass is 10.0. The lowest BCUT2D eigenvalue weighted by molar-refractivity contribution is 0.237. The van der Waals surface area contributed by atoms with Crippen molar-refractivity contribution in [3.05, 3.63) is 64.1 Å². The van der Waals surface area contributed by atoms with Crippen molar-refractivity contribution in [2.24, 2.45) is 0 Å². The minimum atomic E-state index is -0.0921. The molecule has 3 heterocycles. The fraction of sp³-hybridized carbons (Fsp3) is 0.300. The minimum absolute atomic E-state index is 0.0921. The highest BCUT2D eigenvalue weighted by atomic mass is 16.5. The van der Waals surface area contributed by atoms with Crippen molar-refractivity contribution in [3.8, 4) is 22.9 Å². The van der Waals surface area contributed by atoms with Crippen LogP contribution < -0.4 is 15.0 Å². The van der Waals surface area contributed by atoms with E-state index in [-0.39, 0.29) is 5.56 Å². The largest absolute Gasteiger partial charge is 0.497 e. The van der Waals surface area contributed by atoms with Crippen molar-refractivity contribution in [3.63, 3.8) is 0 Å².